The molecule has 0 aromatic carbocycles. The third kappa shape index (κ3) is 0.796. The van der Waals surface area contributed by atoms with Crippen molar-refractivity contribution in [3.63, 3.8) is 0 Å². The summed E-state index contributed by atoms with van der Waals surface area (Å²) in [7, 11) is 2.04. The summed E-state index contributed by atoms with van der Waals surface area (Å²) in [6.07, 6.45) is 0. The molecule has 23 valence electrons. The Hall–Kier alpha value is 0.130. The topological polar surface area (TPSA) is 0 Å². The molecule has 0 bridgehead atoms. The average Bonchev–Trinajstić information content (AvgIpc) is 1.86. The van der Waals surface area contributed by atoms with E-state index in [1.165, 1.54) is 5.36 Å². The second kappa shape index (κ2) is 1.72. The minimum absolute atomic E-state index is 1.34. The zero-order valence-corrected chi connectivity index (χ0v) is 3.81. The fraction of sp³-hybridized carbons (Fsp3) is 0.500. The van der Waals surface area contributed by atoms with Crippen LogP contribution in [-0.4, -0.2) is 32.7 Å². The average molecular weight is 70.3 g/mol. The number of hydrogen-bond acceptors (Lipinski definition) is 0. The van der Waals surface area contributed by atoms with Crippen LogP contribution in [0.2, 0.25) is 0 Å². The predicted molar refractivity (Wildman–Crippen MR) is 33.7 cm³/mol. The summed E-state index contributed by atoms with van der Waals surface area (Å²) in [5.41, 5.74) is 0. The van der Waals surface area contributed by atoms with Crippen molar-refractivity contribution in [2.24, 2.45) is 0 Å². The molecule has 0 fully saturated rings. The van der Waals surface area contributed by atoms with Gasteiger partial charge in [0.2, 0.25) is 0 Å². The zero-order valence-electron chi connectivity index (χ0n) is 3.81. The van der Waals surface area contributed by atoms with Gasteiger partial charge in [0.1, 0.15) is 0 Å². The standard InChI is InChI=1S/C2H3B4/c1-2-3-5-6-4-2/h1H3. The van der Waals surface area contributed by atoms with Gasteiger partial charge in [-0.3, -0.25) is 0 Å². The first-order valence-electron chi connectivity index (χ1n) is 2.08. The van der Waals surface area contributed by atoms with E-state index in [1.54, 1.807) is 0 Å². The Morgan fingerprint density at radius 1 is 1.50 bits per heavy atom. The van der Waals surface area contributed by atoms with Gasteiger partial charge in [-0.2, -0.15) is 0 Å². The van der Waals surface area contributed by atoms with Crippen molar-refractivity contribution in [3.05, 3.63) is 0 Å². The van der Waals surface area contributed by atoms with Crippen LogP contribution < -0.4 is 0 Å². The summed E-state index contributed by atoms with van der Waals surface area (Å²) < 4.78 is 0. The Labute approximate surface area is 40.5 Å². The van der Waals surface area contributed by atoms with Gasteiger partial charge in [-0.1, -0.05) is 0 Å². The van der Waals surface area contributed by atoms with Crippen LogP contribution in [0.25, 0.3) is 0 Å². The van der Waals surface area contributed by atoms with Crippen LogP contribution in [0.4, 0.5) is 0 Å². The SMILES string of the molecule is CC1=B[B]B=B1. The van der Waals surface area contributed by atoms with E-state index < -0.39 is 0 Å². The van der Waals surface area contributed by atoms with Crippen molar-refractivity contribution in [2.45, 2.75) is 6.92 Å². The molecule has 4 heteroatoms. The van der Waals surface area contributed by atoms with Gasteiger partial charge in [0, 0.05) is 0 Å². The monoisotopic (exact) mass is 71.1 g/mol. The summed E-state index contributed by atoms with van der Waals surface area (Å²) >= 11 is 0. The van der Waals surface area contributed by atoms with Crippen molar-refractivity contribution in [1.29, 1.82) is 0 Å². The molecular weight excluding hydrogens is 67.3 g/mol. The van der Waals surface area contributed by atoms with Crippen LogP contribution in [0.3, 0.4) is 0 Å². The molecule has 1 rings (SSSR count). The Morgan fingerprint density at radius 2 is 2.33 bits per heavy atom. The molecule has 0 unspecified atom stereocenters. The molecule has 0 aliphatic carbocycles. The molecule has 0 saturated heterocycles. The van der Waals surface area contributed by atoms with Gasteiger partial charge in [0.15, 0.2) is 0 Å². The van der Waals surface area contributed by atoms with Crippen molar-refractivity contribution < 1.29 is 0 Å². The Bertz CT molecular complexity index is 99.4. The van der Waals surface area contributed by atoms with Crippen LogP contribution in [0.15, 0.2) is 0 Å². The van der Waals surface area contributed by atoms with Gasteiger partial charge in [0.05, 0.1) is 0 Å². The van der Waals surface area contributed by atoms with Crippen LogP contribution in [0, 0.1) is 0 Å². The van der Waals surface area contributed by atoms with E-state index in [1.807, 2.05) is 13.8 Å². The van der Waals surface area contributed by atoms with Crippen LogP contribution in [0.1, 0.15) is 6.92 Å². The second-order valence-electron chi connectivity index (χ2n) is 1.46. The fourth-order valence-electron chi connectivity index (χ4n) is 0.470. The molecule has 1 aliphatic rings. The zero-order chi connectivity index (χ0) is 4.41. The van der Waals surface area contributed by atoms with E-state index in [9.17, 15) is 0 Å². The van der Waals surface area contributed by atoms with Crippen molar-refractivity contribution >= 4 is 32.7 Å². The molecule has 1 heterocycles. The molecule has 0 nitrogen and oxygen atoms in total. The first-order valence-corrected chi connectivity index (χ1v) is 2.08. The first kappa shape index (κ1) is 4.29. The normalized spacial score (nSPS) is 13.2. The molecule has 0 saturated carbocycles. The summed E-state index contributed by atoms with van der Waals surface area (Å²) in [6, 6.07) is 0. The van der Waals surface area contributed by atoms with E-state index in [-0.39, 0.29) is 0 Å². The quantitative estimate of drug-likeness (QED) is 0.311. The maximum absolute atomic E-state index is 2.08. The van der Waals surface area contributed by atoms with Gasteiger partial charge >= 0.3 is 39.7 Å². The summed E-state index contributed by atoms with van der Waals surface area (Å²) in [4.78, 5) is 0. The predicted octanol–water partition coefficient (Wildman–Crippen LogP) is -1.29. The summed E-state index contributed by atoms with van der Waals surface area (Å²) in [6.45, 7) is 8.29. The van der Waals surface area contributed by atoms with Gasteiger partial charge in [-0.15, -0.1) is 0 Å². The van der Waals surface area contributed by atoms with Crippen LogP contribution in [0.5, 0.6) is 0 Å². The molecule has 0 aromatic rings. The molecule has 1 radical (unpaired) electrons. The third-order valence-corrected chi connectivity index (χ3v) is 0.829. The number of hydrogen-bond donors (Lipinski definition) is 0. The molecule has 0 aromatic heterocycles. The second-order valence-corrected chi connectivity index (χ2v) is 1.46. The van der Waals surface area contributed by atoms with E-state index in [4.69, 9.17) is 0 Å². The summed E-state index contributed by atoms with van der Waals surface area (Å²) in [5.74, 6) is 0. The van der Waals surface area contributed by atoms with Crippen molar-refractivity contribution in [3.8, 4) is 0 Å². The molecule has 0 atom stereocenters. The van der Waals surface area contributed by atoms with E-state index in [0.29, 0.717) is 0 Å². The van der Waals surface area contributed by atoms with Gasteiger partial charge in [0.25, 0.3) is 0 Å². The van der Waals surface area contributed by atoms with E-state index in [2.05, 4.69) is 20.5 Å². The van der Waals surface area contributed by atoms with Crippen LogP contribution in [-0.2, 0) is 0 Å². The van der Waals surface area contributed by atoms with Gasteiger partial charge < -0.3 is 0 Å². The summed E-state index contributed by atoms with van der Waals surface area (Å²) in [5, 5.41) is 1.34. The Kier molecular flexibility index (Phi) is 1.23. The number of rotatable bonds is 0. The first-order chi connectivity index (χ1) is 2.89. The van der Waals surface area contributed by atoms with E-state index >= 15 is 0 Å². The molecule has 0 spiro atoms. The Morgan fingerprint density at radius 3 is 2.50 bits per heavy atom. The molecule has 6 heavy (non-hydrogen) atoms. The molecular formula is C2H3B4. The fourth-order valence-corrected chi connectivity index (χ4v) is 0.470. The van der Waals surface area contributed by atoms with Gasteiger partial charge in [-0.25, -0.2) is 0 Å². The van der Waals surface area contributed by atoms with Crippen molar-refractivity contribution in [1.82, 2.24) is 0 Å². The third-order valence-electron chi connectivity index (χ3n) is 0.829. The van der Waals surface area contributed by atoms with E-state index in [0.717, 1.165) is 0 Å². The maximum atomic E-state index is 2.08. The van der Waals surface area contributed by atoms with Crippen molar-refractivity contribution in [2.75, 3.05) is 0 Å². The molecule has 1 aliphatic heterocycles. The van der Waals surface area contributed by atoms with Gasteiger partial charge in [-0.05, 0) is 0 Å². The molecule has 0 N–H and O–H groups in total. The van der Waals surface area contributed by atoms with Crippen LogP contribution >= 0.6 is 0 Å². The molecule has 0 amide bonds. The minimum atomic E-state index is 1.34. The Balaban J connectivity index is 2.68.